The molecule has 0 aliphatic carbocycles. The van der Waals surface area contributed by atoms with E-state index in [1.807, 2.05) is 42.5 Å². The van der Waals surface area contributed by atoms with Crippen molar-refractivity contribution < 1.29 is 4.42 Å². The fourth-order valence-corrected chi connectivity index (χ4v) is 8.98. The van der Waals surface area contributed by atoms with Crippen molar-refractivity contribution in [3.63, 3.8) is 0 Å². The van der Waals surface area contributed by atoms with Crippen LogP contribution in [0.5, 0.6) is 0 Å². The van der Waals surface area contributed by atoms with Gasteiger partial charge in [-0.3, -0.25) is 0 Å². The molecule has 4 heteroatoms. The first-order valence-electron chi connectivity index (χ1n) is 21.2. The van der Waals surface area contributed by atoms with Crippen molar-refractivity contribution in [2.45, 2.75) is 0 Å². The molecule has 0 aliphatic rings. The minimum Gasteiger partial charge on any atom is -0.456 e. The minimum absolute atomic E-state index is 0.579. The summed E-state index contributed by atoms with van der Waals surface area (Å²) in [7, 11) is 0. The maximum Gasteiger partial charge on any atom is 0.164 e. The number of fused-ring (bicyclic) bond motifs is 5. The molecular weight excluding hydrogens is 767 g/mol. The highest BCUT2D eigenvalue weighted by Gasteiger charge is 2.19. The molecule has 0 fully saturated rings. The Bertz CT molecular complexity index is 3620. The number of hydrogen-bond acceptors (Lipinski definition) is 4. The molecule has 0 aliphatic heterocycles. The standard InChI is InChI=1S/C59H37N3O/c1-3-14-38(15-4-1)47-35-48(39-16-5-2-6-17-39)37-49(36-47)58-60-57(61-59(62-58)53-25-13-27-55-56(53)52-23-9-10-26-54(52)63-55)45-21-11-20-42(32-45)43-30-28-40-29-31-44(34-46(40)33-43)51-24-12-19-41-18-7-8-22-50(41)51/h1-37H. The van der Waals surface area contributed by atoms with Crippen molar-refractivity contribution in [1.82, 2.24) is 15.0 Å². The predicted molar refractivity (Wildman–Crippen MR) is 260 cm³/mol. The lowest BCUT2D eigenvalue weighted by atomic mass is 9.94. The molecule has 2 aromatic heterocycles. The summed E-state index contributed by atoms with van der Waals surface area (Å²) in [5.41, 5.74) is 13.3. The number of aromatic nitrogens is 3. The number of nitrogens with zero attached hydrogens (tertiary/aromatic N) is 3. The molecule has 0 N–H and O–H groups in total. The Balaban J connectivity index is 1.03. The van der Waals surface area contributed by atoms with Gasteiger partial charge in [0.1, 0.15) is 11.2 Å². The van der Waals surface area contributed by atoms with E-state index in [1.165, 1.54) is 32.7 Å². The summed E-state index contributed by atoms with van der Waals surface area (Å²) in [5.74, 6) is 1.76. The van der Waals surface area contributed by atoms with E-state index in [1.54, 1.807) is 0 Å². The van der Waals surface area contributed by atoms with Gasteiger partial charge >= 0.3 is 0 Å². The highest BCUT2D eigenvalue weighted by molar-refractivity contribution is 6.12. The average molecular weight is 804 g/mol. The van der Waals surface area contributed by atoms with Crippen LogP contribution in [0.25, 0.3) is 122 Å². The second-order valence-corrected chi connectivity index (χ2v) is 16.0. The predicted octanol–water partition coefficient (Wildman–Crippen LogP) is 15.7. The lowest BCUT2D eigenvalue weighted by molar-refractivity contribution is 0.669. The lowest BCUT2D eigenvalue weighted by Gasteiger charge is -2.13. The molecule has 2 heterocycles. The molecule has 0 amide bonds. The second kappa shape index (κ2) is 15.2. The fraction of sp³-hybridized carbons (Fsp3) is 0. The van der Waals surface area contributed by atoms with Crippen molar-refractivity contribution in [2.24, 2.45) is 0 Å². The van der Waals surface area contributed by atoms with Crippen molar-refractivity contribution in [3.05, 3.63) is 224 Å². The molecule has 63 heavy (non-hydrogen) atoms. The fourth-order valence-electron chi connectivity index (χ4n) is 8.98. The summed E-state index contributed by atoms with van der Waals surface area (Å²) in [6.07, 6.45) is 0. The molecule has 0 unspecified atom stereocenters. The van der Waals surface area contributed by atoms with Crippen LogP contribution in [0.15, 0.2) is 229 Å². The molecule has 0 spiro atoms. The van der Waals surface area contributed by atoms with Gasteiger partial charge in [0.25, 0.3) is 0 Å². The maximum atomic E-state index is 6.35. The maximum absolute atomic E-state index is 6.35. The molecular formula is C59H37N3O. The Labute approximate surface area is 364 Å². The smallest absolute Gasteiger partial charge is 0.164 e. The van der Waals surface area contributed by atoms with Crippen LogP contribution in [0.1, 0.15) is 0 Å². The molecule has 4 nitrogen and oxygen atoms in total. The van der Waals surface area contributed by atoms with Crippen molar-refractivity contribution >= 4 is 43.5 Å². The lowest BCUT2D eigenvalue weighted by Crippen LogP contribution is -2.01. The van der Waals surface area contributed by atoms with Crippen LogP contribution in [0, 0.1) is 0 Å². The topological polar surface area (TPSA) is 51.8 Å². The third-order valence-electron chi connectivity index (χ3n) is 12.1. The first-order chi connectivity index (χ1) is 31.2. The molecule has 0 saturated carbocycles. The van der Waals surface area contributed by atoms with Gasteiger partial charge in [0.15, 0.2) is 17.5 Å². The summed E-state index contributed by atoms with van der Waals surface area (Å²) in [5, 5.41) is 6.86. The Kier molecular flexibility index (Phi) is 8.79. The van der Waals surface area contributed by atoms with Crippen LogP contribution in [0.2, 0.25) is 0 Å². The number of para-hydroxylation sites is 1. The molecule has 0 radical (unpaired) electrons. The second-order valence-electron chi connectivity index (χ2n) is 16.0. The molecule has 0 atom stereocenters. The molecule has 10 aromatic carbocycles. The van der Waals surface area contributed by atoms with E-state index in [0.29, 0.717) is 17.5 Å². The third kappa shape index (κ3) is 6.71. The number of furan rings is 1. The highest BCUT2D eigenvalue weighted by atomic mass is 16.3. The summed E-state index contributed by atoms with van der Waals surface area (Å²) in [6, 6.07) is 79.0. The van der Waals surface area contributed by atoms with E-state index in [0.717, 1.165) is 72.0 Å². The van der Waals surface area contributed by atoms with Gasteiger partial charge in [0.05, 0.1) is 0 Å². The van der Waals surface area contributed by atoms with E-state index in [2.05, 4.69) is 182 Å². The zero-order valence-electron chi connectivity index (χ0n) is 34.1. The van der Waals surface area contributed by atoms with E-state index in [-0.39, 0.29) is 0 Å². The molecule has 12 rings (SSSR count). The monoisotopic (exact) mass is 803 g/mol. The van der Waals surface area contributed by atoms with Crippen molar-refractivity contribution in [1.29, 1.82) is 0 Å². The Morgan fingerprint density at radius 1 is 0.254 bits per heavy atom. The summed E-state index contributed by atoms with van der Waals surface area (Å²) < 4.78 is 6.35. The van der Waals surface area contributed by atoms with Crippen LogP contribution in [0.4, 0.5) is 0 Å². The minimum atomic E-state index is 0.579. The van der Waals surface area contributed by atoms with Crippen molar-refractivity contribution in [3.8, 4) is 78.7 Å². The van der Waals surface area contributed by atoms with Gasteiger partial charge in [-0.25, -0.2) is 15.0 Å². The van der Waals surface area contributed by atoms with Gasteiger partial charge in [-0.2, -0.15) is 0 Å². The van der Waals surface area contributed by atoms with Crippen LogP contribution in [0.3, 0.4) is 0 Å². The summed E-state index contributed by atoms with van der Waals surface area (Å²) in [4.78, 5) is 15.9. The summed E-state index contributed by atoms with van der Waals surface area (Å²) >= 11 is 0. The molecule has 12 aromatic rings. The third-order valence-corrected chi connectivity index (χ3v) is 12.1. The van der Waals surface area contributed by atoms with Gasteiger partial charge in [-0.1, -0.05) is 176 Å². The van der Waals surface area contributed by atoms with Gasteiger partial charge in [0, 0.05) is 27.5 Å². The normalized spacial score (nSPS) is 11.5. The zero-order valence-corrected chi connectivity index (χ0v) is 34.1. The molecule has 0 bridgehead atoms. The Morgan fingerprint density at radius 2 is 0.762 bits per heavy atom. The van der Waals surface area contributed by atoms with E-state index >= 15 is 0 Å². The first kappa shape index (κ1) is 36.4. The van der Waals surface area contributed by atoms with Gasteiger partial charge in [0.2, 0.25) is 0 Å². The van der Waals surface area contributed by atoms with Gasteiger partial charge in [-0.15, -0.1) is 0 Å². The van der Waals surface area contributed by atoms with E-state index in [9.17, 15) is 0 Å². The highest BCUT2D eigenvalue weighted by Crippen LogP contribution is 2.39. The number of hydrogen-bond donors (Lipinski definition) is 0. The SMILES string of the molecule is c1ccc(-c2cc(-c3ccccc3)cc(-c3nc(-c4cccc(-c5ccc6ccc(-c7cccc8ccccc78)cc6c5)c4)nc(-c4cccc5oc6ccccc6c45)n3)c2)cc1. The summed E-state index contributed by atoms with van der Waals surface area (Å²) in [6.45, 7) is 0. The van der Waals surface area contributed by atoms with Gasteiger partial charge < -0.3 is 4.42 Å². The molecule has 0 saturated heterocycles. The average Bonchev–Trinajstić information content (AvgIpc) is 3.75. The van der Waals surface area contributed by atoms with Crippen LogP contribution < -0.4 is 0 Å². The quantitative estimate of drug-likeness (QED) is 0.161. The number of benzene rings is 10. The Hall–Kier alpha value is -8.47. The van der Waals surface area contributed by atoms with E-state index < -0.39 is 0 Å². The Morgan fingerprint density at radius 3 is 1.56 bits per heavy atom. The van der Waals surface area contributed by atoms with Crippen LogP contribution >= 0.6 is 0 Å². The largest absolute Gasteiger partial charge is 0.456 e. The first-order valence-corrected chi connectivity index (χ1v) is 21.2. The molecule has 294 valence electrons. The van der Waals surface area contributed by atoms with Gasteiger partial charge in [-0.05, 0) is 115 Å². The van der Waals surface area contributed by atoms with Crippen molar-refractivity contribution in [2.75, 3.05) is 0 Å². The zero-order chi connectivity index (χ0) is 41.7. The van der Waals surface area contributed by atoms with Crippen LogP contribution in [-0.4, -0.2) is 15.0 Å². The van der Waals surface area contributed by atoms with Crippen LogP contribution in [-0.2, 0) is 0 Å². The number of rotatable bonds is 7. The van der Waals surface area contributed by atoms with E-state index in [4.69, 9.17) is 19.4 Å².